The minimum absolute atomic E-state index is 0.00349. The molecule has 0 radical (unpaired) electrons. The molecular formula is C27H36N6O4. The van der Waals surface area contributed by atoms with E-state index in [1.807, 2.05) is 45.0 Å². The maximum Gasteiger partial charge on any atom is 0.246 e. The van der Waals surface area contributed by atoms with Crippen LogP contribution >= 0.6 is 0 Å². The molecule has 0 bridgehead atoms. The number of nitrogens with zero attached hydrogens (tertiary/aromatic N) is 3. The summed E-state index contributed by atoms with van der Waals surface area (Å²) in [5.74, 6) is -1.03. The average molecular weight is 509 g/mol. The predicted octanol–water partition coefficient (Wildman–Crippen LogP) is 1.16. The second-order valence-electron chi connectivity index (χ2n) is 12.3. The fourth-order valence-electron chi connectivity index (χ4n) is 6.00. The molecule has 198 valence electrons. The molecular weight excluding hydrogens is 472 g/mol. The predicted molar refractivity (Wildman–Crippen MR) is 137 cm³/mol. The van der Waals surface area contributed by atoms with Crippen LogP contribution in [0.2, 0.25) is 0 Å². The topological polar surface area (TPSA) is 140 Å². The molecule has 0 spiro atoms. The standard InChI is InChI=1S/C27H36N6O4/c1-26(2,3)22(30-15-12-37-13-15)25(36)33-11-17-18(27(17,4)5)21(33)24(35)31-20(23(28)34)19-16-9-7-6-8-14(16)10-29-32-19/h6-10,15,17-18,20-22,30H,11-13H2,1-5H3,(H2,28,34)(H,31,35)/t17?,18?,20?,21?,22-/m1/s1. The Balaban J connectivity index is 1.43. The Morgan fingerprint density at radius 3 is 2.51 bits per heavy atom. The monoisotopic (exact) mass is 508 g/mol. The molecule has 4 N–H and O–H groups in total. The van der Waals surface area contributed by atoms with E-state index in [1.165, 1.54) is 0 Å². The van der Waals surface area contributed by atoms with Crippen LogP contribution in [-0.2, 0) is 19.1 Å². The van der Waals surface area contributed by atoms with Crippen LogP contribution in [0, 0.1) is 22.7 Å². The van der Waals surface area contributed by atoms with Gasteiger partial charge in [-0.2, -0.15) is 10.2 Å². The normalized spacial score (nSPS) is 26.2. The summed E-state index contributed by atoms with van der Waals surface area (Å²) >= 11 is 0. The maximum atomic E-state index is 14.0. The van der Waals surface area contributed by atoms with E-state index >= 15 is 0 Å². The number of likely N-dealkylation sites (tertiary alicyclic amines) is 1. The fourth-order valence-corrected chi connectivity index (χ4v) is 6.00. The number of benzene rings is 1. The number of nitrogens with two attached hydrogens (primary N) is 1. The van der Waals surface area contributed by atoms with Crippen molar-refractivity contribution in [2.24, 2.45) is 28.4 Å². The molecule has 3 fully saturated rings. The molecule has 1 aliphatic carbocycles. The third-order valence-corrected chi connectivity index (χ3v) is 8.36. The van der Waals surface area contributed by atoms with Crippen molar-refractivity contribution in [3.05, 3.63) is 36.2 Å². The van der Waals surface area contributed by atoms with Gasteiger partial charge in [-0.25, -0.2) is 0 Å². The molecule has 3 aliphatic rings. The first-order valence-electron chi connectivity index (χ1n) is 12.9. The van der Waals surface area contributed by atoms with Gasteiger partial charge < -0.3 is 20.7 Å². The second-order valence-corrected chi connectivity index (χ2v) is 12.3. The average Bonchev–Trinajstić information content (AvgIpc) is 3.14. The Morgan fingerprint density at radius 1 is 1.19 bits per heavy atom. The molecule has 3 amide bonds. The van der Waals surface area contributed by atoms with E-state index in [9.17, 15) is 14.4 Å². The van der Waals surface area contributed by atoms with Gasteiger partial charge in [0.25, 0.3) is 0 Å². The molecule has 5 atom stereocenters. The van der Waals surface area contributed by atoms with E-state index in [-0.39, 0.29) is 34.6 Å². The van der Waals surface area contributed by atoms with Gasteiger partial charge in [-0.05, 0) is 22.7 Å². The van der Waals surface area contributed by atoms with Gasteiger partial charge >= 0.3 is 0 Å². The number of nitrogens with one attached hydrogen (secondary N) is 2. The van der Waals surface area contributed by atoms with Crippen LogP contribution in [0.5, 0.6) is 0 Å². The zero-order valence-electron chi connectivity index (χ0n) is 22.0. The highest BCUT2D eigenvalue weighted by Crippen LogP contribution is 2.65. The highest BCUT2D eigenvalue weighted by atomic mass is 16.5. The summed E-state index contributed by atoms with van der Waals surface area (Å²) in [5.41, 5.74) is 5.60. The SMILES string of the molecule is CC1(C)C2CN(C(=O)[C@@H](NC3COC3)C(C)(C)C)C(C(=O)NC(C(N)=O)c3nncc4ccccc34)C21. The molecule has 2 saturated heterocycles. The highest BCUT2D eigenvalue weighted by molar-refractivity contribution is 5.96. The van der Waals surface area contributed by atoms with Crippen molar-refractivity contribution < 1.29 is 19.1 Å². The molecule has 1 aromatic carbocycles. The molecule has 2 aliphatic heterocycles. The zero-order valence-corrected chi connectivity index (χ0v) is 22.0. The van der Waals surface area contributed by atoms with E-state index in [4.69, 9.17) is 10.5 Å². The lowest BCUT2D eigenvalue weighted by Gasteiger charge is -2.41. The quantitative estimate of drug-likeness (QED) is 0.510. The lowest BCUT2D eigenvalue weighted by molar-refractivity contribution is -0.145. The van der Waals surface area contributed by atoms with Gasteiger partial charge in [0.05, 0.1) is 31.5 Å². The number of hydrogen-bond donors (Lipinski definition) is 3. The van der Waals surface area contributed by atoms with Gasteiger partial charge in [0.2, 0.25) is 17.7 Å². The number of carbonyl (C=O) groups excluding carboxylic acids is 3. The van der Waals surface area contributed by atoms with Crippen molar-refractivity contribution in [2.75, 3.05) is 19.8 Å². The molecule has 4 unspecified atom stereocenters. The number of ether oxygens (including phenoxy) is 1. The van der Waals surface area contributed by atoms with E-state index in [1.54, 1.807) is 11.1 Å². The first-order chi connectivity index (χ1) is 17.4. The Kier molecular flexibility index (Phi) is 6.23. The molecule has 3 heterocycles. The smallest absolute Gasteiger partial charge is 0.246 e. The van der Waals surface area contributed by atoms with Gasteiger partial charge in [0, 0.05) is 17.3 Å². The van der Waals surface area contributed by atoms with Gasteiger partial charge in [-0.1, -0.05) is 58.9 Å². The van der Waals surface area contributed by atoms with Crippen molar-refractivity contribution in [3.63, 3.8) is 0 Å². The maximum absolute atomic E-state index is 14.0. The van der Waals surface area contributed by atoms with Crippen molar-refractivity contribution in [3.8, 4) is 0 Å². The number of aromatic nitrogens is 2. The van der Waals surface area contributed by atoms with Crippen LogP contribution in [0.4, 0.5) is 0 Å². The summed E-state index contributed by atoms with van der Waals surface area (Å²) in [5, 5.41) is 15.9. The molecule has 37 heavy (non-hydrogen) atoms. The Hall–Kier alpha value is -3.11. The highest BCUT2D eigenvalue weighted by Gasteiger charge is 2.69. The summed E-state index contributed by atoms with van der Waals surface area (Å²) in [4.78, 5) is 42.1. The number of primary amides is 1. The van der Waals surface area contributed by atoms with Crippen LogP contribution in [0.1, 0.15) is 46.4 Å². The number of hydrogen-bond acceptors (Lipinski definition) is 7. The van der Waals surface area contributed by atoms with Crippen LogP contribution in [0.25, 0.3) is 10.8 Å². The summed E-state index contributed by atoms with van der Waals surface area (Å²) in [7, 11) is 0. The molecule has 10 heteroatoms. The third-order valence-electron chi connectivity index (χ3n) is 8.36. The van der Waals surface area contributed by atoms with Gasteiger partial charge in [0.1, 0.15) is 11.7 Å². The number of rotatable bonds is 7. The molecule has 1 aromatic heterocycles. The number of amides is 3. The van der Waals surface area contributed by atoms with Crippen LogP contribution in [0.3, 0.4) is 0 Å². The summed E-state index contributed by atoms with van der Waals surface area (Å²) in [6, 6.07) is 5.11. The first-order valence-corrected chi connectivity index (χ1v) is 12.9. The van der Waals surface area contributed by atoms with E-state index in [2.05, 4.69) is 34.7 Å². The minimum atomic E-state index is -1.17. The zero-order chi connectivity index (χ0) is 26.7. The number of fused-ring (bicyclic) bond motifs is 2. The largest absolute Gasteiger partial charge is 0.378 e. The molecule has 2 aromatic rings. The first kappa shape index (κ1) is 25.5. The summed E-state index contributed by atoms with van der Waals surface area (Å²) in [6.45, 7) is 11.9. The Labute approximate surface area is 216 Å². The molecule has 10 nitrogen and oxygen atoms in total. The van der Waals surface area contributed by atoms with Gasteiger partial charge in [-0.15, -0.1) is 0 Å². The summed E-state index contributed by atoms with van der Waals surface area (Å²) in [6.07, 6.45) is 1.60. The number of carbonyl (C=O) groups is 3. The Morgan fingerprint density at radius 2 is 1.89 bits per heavy atom. The van der Waals surface area contributed by atoms with Crippen molar-refractivity contribution >= 4 is 28.5 Å². The van der Waals surface area contributed by atoms with Crippen molar-refractivity contribution in [1.29, 1.82) is 0 Å². The third kappa shape index (κ3) is 4.46. The molecule has 5 rings (SSSR count). The van der Waals surface area contributed by atoms with Crippen LogP contribution < -0.4 is 16.4 Å². The van der Waals surface area contributed by atoms with E-state index < -0.39 is 29.9 Å². The van der Waals surface area contributed by atoms with E-state index in [0.29, 0.717) is 30.8 Å². The fraction of sp³-hybridized carbons (Fsp3) is 0.593. The van der Waals surface area contributed by atoms with Crippen LogP contribution in [-0.4, -0.2) is 70.7 Å². The minimum Gasteiger partial charge on any atom is -0.378 e. The molecule has 1 saturated carbocycles. The van der Waals surface area contributed by atoms with Crippen molar-refractivity contribution in [2.45, 2.75) is 58.8 Å². The van der Waals surface area contributed by atoms with E-state index in [0.717, 1.165) is 5.39 Å². The lowest BCUT2D eigenvalue weighted by atomic mass is 9.84. The Bertz CT molecular complexity index is 1230. The number of piperidine rings is 1. The van der Waals surface area contributed by atoms with Gasteiger partial charge in [0.15, 0.2) is 6.04 Å². The van der Waals surface area contributed by atoms with Crippen LogP contribution in [0.15, 0.2) is 30.5 Å². The lowest BCUT2D eigenvalue weighted by Crippen LogP contribution is -2.62. The second kappa shape index (κ2) is 9.02. The van der Waals surface area contributed by atoms with Crippen molar-refractivity contribution in [1.82, 2.24) is 25.7 Å². The summed E-state index contributed by atoms with van der Waals surface area (Å²) < 4.78 is 5.30. The van der Waals surface area contributed by atoms with Gasteiger partial charge in [-0.3, -0.25) is 19.7 Å².